The second-order valence-corrected chi connectivity index (χ2v) is 9.98. The van der Waals surface area contributed by atoms with Crippen LogP contribution < -0.4 is 14.8 Å². The summed E-state index contributed by atoms with van der Waals surface area (Å²) in [6, 6.07) is 18.4. The number of sulfonamides is 1. The molecule has 0 fully saturated rings. The molecule has 0 aliphatic carbocycles. The van der Waals surface area contributed by atoms with Crippen molar-refractivity contribution < 1.29 is 17.9 Å². The average molecular weight is 467 g/mol. The van der Waals surface area contributed by atoms with Crippen LogP contribution in [0.4, 0.5) is 5.69 Å². The predicted octanol–water partition coefficient (Wildman–Crippen LogP) is 5.42. The van der Waals surface area contributed by atoms with Crippen molar-refractivity contribution in [3.8, 4) is 5.75 Å². The molecule has 0 saturated heterocycles. The zero-order valence-corrected chi connectivity index (χ0v) is 20.4. The Kier molecular flexibility index (Phi) is 7.43. The van der Waals surface area contributed by atoms with E-state index in [-0.39, 0.29) is 22.8 Å². The molecule has 0 spiro atoms. The van der Waals surface area contributed by atoms with Crippen LogP contribution in [0, 0.1) is 6.92 Å². The molecule has 3 aromatic carbocycles. The first-order valence-electron chi connectivity index (χ1n) is 10.8. The predicted molar refractivity (Wildman–Crippen MR) is 131 cm³/mol. The van der Waals surface area contributed by atoms with Crippen LogP contribution >= 0.6 is 0 Å². The van der Waals surface area contributed by atoms with Crippen molar-refractivity contribution in [1.82, 2.24) is 5.32 Å². The molecule has 0 aliphatic rings. The fourth-order valence-corrected chi connectivity index (χ4v) is 4.75. The second-order valence-electron chi connectivity index (χ2n) is 8.30. The van der Waals surface area contributed by atoms with Gasteiger partial charge in [0.1, 0.15) is 5.75 Å². The fraction of sp³-hybridized carbons (Fsp3) is 0.269. The highest BCUT2D eigenvalue weighted by Gasteiger charge is 2.18. The average Bonchev–Trinajstić information content (AvgIpc) is 2.79. The summed E-state index contributed by atoms with van der Waals surface area (Å²) in [4.78, 5) is 13.0. The molecule has 1 atom stereocenters. The van der Waals surface area contributed by atoms with Gasteiger partial charge in [0, 0.05) is 11.3 Å². The zero-order chi connectivity index (χ0) is 24.2. The lowest BCUT2D eigenvalue weighted by molar-refractivity contribution is 0.0940. The number of hydrogen-bond acceptors (Lipinski definition) is 4. The monoisotopic (exact) mass is 466 g/mol. The van der Waals surface area contributed by atoms with Crippen LogP contribution in [0.3, 0.4) is 0 Å². The Hall–Kier alpha value is -3.32. The number of aryl methyl sites for hydroxylation is 1. The molecule has 0 heterocycles. The summed E-state index contributed by atoms with van der Waals surface area (Å²) < 4.78 is 33.0. The Morgan fingerprint density at radius 3 is 2.12 bits per heavy atom. The van der Waals surface area contributed by atoms with Gasteiger partial charge in [-0.05, 0) is 85.0 Å². The normalized spacial score (nSPS) is 12.3. The van der Waals surface area contributed by atoms with Gasteiger partial charge < -0.3 is 10.1 Å². The smallest absolute Gasteiger partial charge is 0.261 e. The summed E-state index contributed by atoms with van der Waals surface area (Å²) in [6.07, 6.45) is 0. The number of hydrogen-bond donors (Lipinski definition) is 2. The molecule has 0 aromatic heterocycles. The number of ether oxygens (including phenoxy) is 1. The summed E-state index contributed by atoms with van der Waals surface area (Å²) in [6.45, 7) is 8.15. The quantitative estimate of drug-likeness (QED) is 0.464. The van der Waals surface area contributed by atoms with Gasteiger partial charge in [-0.15, -0.1) is 0 Å². The number of benzene rings is 3. The number of methoxy groups -OCH3 is 1. The molecule has 0 unspecified atom stereocenters. The highest BCUT2D eigenvalue weighted by atomic mass is 32.2. The molecule has 1 amide bonds. The van der Waals surface area contributed by atoms with Crippen molar-refractivity contribution in [1.29, 1.82) is 0 Å². The van der Waals surface area contributed by atoms with E-state index in [0.717, 1.165) is 22.4 Å². The van der Waals surface area contributed by atoms with E-state index >= 15 is 0 Å². The standard InChI is InChI=1S/C26H30N2O4S/c1-17(2)23-16-24(18(3)15-25(23)32-5)19(4)27-26(29)20-11-13-21(14-12-20)28-33(30,31)22-9-7-6-8-10-22/h6-17,19,28H,1-5H3,(H,27,29)/t19-/m1/s1. The van der Waals surface area contributed by atoms with Crippen LogP contribution in [-0.2, 0) is 10.0 Å². The first kappa shape index (κ1) is 24.3. The van der Waals surface area contributed by atoms with E-state index in [2.05, 4.69) is 30.0 Å². The van der Waals surface area contributed by atoms with Gasteiger partial charge in [0.25, 0.3) is 15.9 Å². The van der Waals surface area contributed by atoms with E-state index in [1.165, 1.54) is 12.1 Å². The van der Waals surface area contributed by atoms with Gasteiger partial charge in [0.05, 0.1) is 18.0 Å². The third kappa shape index (κ3) is 5.73. The highest BCUT2D eigenvalue weighted by Crippen LogP contribution is 2.32. The van der Waals surface area contributed by atoms with Crippen molar-refractivity contribution in [2.45, 2.75) is 44.6 Å². The number of anilines is 1. The van der Waals surface area contributed by atoms with Crippen molar-refractivity contribution in [3.05, 3.63) is 89.0 Å². The third-order valence-corrected chi connectivity index (χ3v) is 6.90. The largest absolute Gasteiger partial charge is 0.496 e. The van der Waals surface area contributed by atoms with Gasteiger partial charge in [-0.1, -0.05) is 32.0 Å². The Morgan fingerprint density at radius 1 is 0.909 bits per heavy atom. The number of carbonyl (C=O) groups excluding carboxylic acids is 1. The third-order valence-electron chi connectivity index (χ3n) is 5.51. The Bertz CT molecular complexity index is 1220. The van der Waals surface area contributed by atoms with Gasteiger partial charge >= 0.3 is 0 Å². The van der Waals surface area contributed by atoms with E-state index < -0.39 is 10.0 Å². The van der Waals surface area contributed by atoms with Crippen LogP contribution in [0.15, 0.2) is 71.6 Å². The molecule has 0 saturated carbocycles. The van der Waals surface area contributed by atoms with Crippen molar-refractivity contribution >= 4 is 21.6 Å². The number of carbonyl (C=O) groups is 1. The molecule has 3 aromatic rings. The molecule has 6 nitrogen and oxygen atoms in total. The topological polar surface area (TPSA) is 84.5 Å². The molecule has 33 heavy (non-hydrogen) atoms. The summed E-state index contributed by atoms with van der Waals surface area (Å²) in [7, 11) is -2.02. The SMILES string of the molecule is COc1cc(C)c([C@@H](C)NC(=O)c2ccc(NS(=O)(=O)c3ccccc3)cc2)cc1C(C)C. The zero-order valence-electron chi connectivity index (χ0n) is 19.5. The van der Waals surface area contributed by atoms with E-state index in [1.54, 1.807) is 49.6 Å². The first-order chi connectivity index (χ1) is 15.6. The Morgan fingerprint density at radius 2 is 1.55 bits per heavy atom. The fourth-order valence-electron chi connectivity index (χ4n) is 3.67. The van der Waals surface area contributed by atoms with E-state index in [9.17, 15) is 13.2 Å². The van der Waals surface area contributed by atoms with Crippen molar-refractivity contribution in [3.63, 3.8) is 0 Å². The number of nitrogens with one attached hydrogen (secondary N) is 2. The summed E-state index contributed by atoms with van der Waals surface area (Å²) in [5, 5.41) is 3.03. The minimum absolute atomic E-state index is 0.177. The summed E-state index contributed by atoms with van der Waals surface area (Å²) in [5.41, 5.74) is 3.99. The highest BCUT2D eigenvalue weighted by molar-refractivity contribution is 7.92. The molecule has 2 N–H and O–H groups in total. The minimum Gasteiger partial charge on any atom is -0.496 e. The maximum absolute atomic E-state index is 12.8. The van der Waals surface area contributed by atoms with Gasteiger partial charge in [-0.3, -0.25) is 9.52 Å². The van der Waals surface area contributed by atoms with Crippen LogP contribution in [-0.4, -0.2) is 21.4 Å². The van der Waals surface area contributed by atoms with Gasteiger partial charge in [-0.25, -0.2) is 8.42 Å². The van der Waals surface area contributed by atoms with Crippen LogP contribution in [0.25, 0.3) is 0 Å². The van der Waals surface area contributed by atoms with E-state index in [1.807, 2.05) is 19.9 Å². The molecule has 0 aliphatic heterocycles. The van der Waals surface area contributed by atoms with E-state index in [4.69, 9.17) is 4.74 Å². The lowest BCUT2D eigenvalue weighted by Crippen LogP contribution is -2.27. The molecular weight excluding hydrogens is 436 g/mol. The summed E-state index contributed by atoms with van der Waals surface area (Å²) in [5.74, 6) is 0.897. The lowest BCUT2D eigenvalue weighted by atomic mass is 9.93. The molecule has 7 heteroatoms. The number of rotatable bonds is 8. The molecule has 0 radical (unpaired) electrons. The van der Waals surface area contributed by atoms with Crippen molar-refractivity contribution in [2.24, 2.45) is 0 Å². The summed E-state index contributed by atoms with van der Waals surface area (Å²) >= 11 is 0. The first-order valence-corrected chi connectivity index (χ1v) is 12.3. The maximum atomic E-state index is 12.8. The van der Waals surface area contributed by atoms with Crippen LogP contribution in [0.5, 0.6) is 5.75 Å². The van der Waals surface area contributed by atoms with Gasteiger partial charge in [-0.2, -0.15) is 0 Å². The molecule has 174 valence electrons. The molecular formula is C26H30N2O4S. The lowest BCUT2D eigenvalue weighted by Gasteiger charge is -2.21. The molecule has 3 rings (SSSR count). The minimum atomic E-state index is -3.68. The second kappa shape index (κ2) is 10.1. The van der Waals surface area contributed by atoms with Crippen LogP contribution in [0.2, 0.25) is 0 Å². The van der Waals surface area contributed by atoms with E-state index in [0.29, 0.717) is 11.3 Å². The Balaban J connectivity index is 1.73. The van der Waals surface area contributed by atoms with Gasteiger partial charge in [0.15, 0.2) is 0 Å². The van der Waals surface area contributed by atoms with Crippen molar-refractivity contribution in [2.75, 3.05) is 11.8 Å². The Labute approximate surface area is 196 Å². The van der Waals surface area contributed by atoms with Gasteiger partial charge in [0.2, 0.25) is 0 Å². The maximum Gasteiger partial charge on any atom is 0.261 e. The number of amides is 1. The molecule has 0 bridgehead atoms. The van der Waals surface area contributed by atoms with Crippen LogP contribution in [0.1, 0.15) is 59.8 Å².